The lowest BCUT2D eigenvalue weighted by atomic mass is 10.0. The third-order valence-corrected chi connectivity index (χ3v) is 6.49. The number of fused-ring (bicyclic) bond motifs is 2. The molecule has 3 aromatic carbocycles. The number of benzene rings is 3. The second-order valence-electron chi connectivity index (χ2n) is 9.13. The Bertz CT molecular complexity index is 1680. The molecule has 1 N–H and O–H groups in total. The van der Waals surface area contributed by atoms with E-state index >= 15 is 0 Å². The van der Waals surface area contributed by atoms with Gasteiger partial charge in [-0.2, -0.15) is 0 Å². The number of halogens is 1. The zero-order valence-corrected chi connectivity index (χ0v) is 21.1. The van der Waals surface area contributed by atoms with E-state index in [2.05, 4.69) is 20.6 Å². The van der Waals surface area contributed by atoms with Gasteiger partial charge in [-0.1, -0.05) is 35.5 Å². The summed E-state index contributed by atoms with van der Waals surface area (Å²) >= 11 is 0. The van der Waals surface area contributed by atoms with E-state index in [0.29, 0.717) is 39.3 Å². The third-order valence-electron chi connectivity index (χ3n) is 6.49. The van der Waals surface area contributed by atoms with Gasteiger partial charge in [0, 0.05) is 30.7 Å². The number of nitrogens with zero attached hydrogens (tertiary/aromatic N) is 5. The van der Waals surface area contributed by atoms with Crippen LogP contribution in [0.5, 0.6) is 11.5 Å². The first-order valence-electron chi connectivity index (χ1n) is 12.5. The molecule has 0 fully saturated rings. The molecule has 0 saturated heterocycles. The molecule has 1 atom stereocenters. The van der Waals surface area contributed by atoms with Crippen LogP contribution in [0.4, 0.5) is 10.1 Å². The Hall–Kier alpha value is -5.32. The summed E-state index contributed by atoms with van der Waals surface area (Å²) in [6.07, 6.45) is 3.25. The van der Waals surface area contributed by atoms with Gasteiger partial charge in [0.2, 0.25) is 12.7 Å². The standard InChI is InChI=1S/C29H23FN6O4/c30-21-9-7-20(8-10-21)28(29(38)32-22-11-12-25-26(14-22)40-18-39-25)35(16-19-4-3-13-31-15-19)27(37)17-36-24-6-2-1-5-23(24)33-34-36/h1-15,28H,16-18H2,(H,32,38)/t28-/m0/s1. The number of pyridine rings is 1. The van der Waals surface area contributed by atoms with Crippen LogP contribution in [-0.4, -0.2) is 43.5 Å². The molecule has 0 saturated carbocycles. The summed E-state index contributed by atoms with van der Waals surface area (Å²) in [6, 6.07) is 20.3. The number of anilines is 1. The van der Waals surface area contributed by atoms with Gasteiger partial charge in [-0.15, -0.1) is 5.10 Å². The molecule has 2 aromatic heterocycles. The number of para-hydroxylation sites is 1. The van der Waals surface area contributed by atoms with Gasteiger partial charge in [-0.05, 0) is 53.6 Å². The number of nitrogens with one attached hydrogen (secondary N) is 1. The van der Waals surface area contributed by atoms with Gasteiger partial charge in [0.25, 0.3) is 5.91 Å². The molecule has 2 amide bonds. The Kier molecular flexibility index (Phi) is 6.75. The highest BCUT2D eigenvalue weighted by Crippen LogP contribution is 2.35. The SMILES string of the molecule is O=C(Nc1ccc2c(c1)OCO2)[C@H](c1ccc(F)cc1)N(Cc1cccnc1)C(=O)Cn1nnc2ccccc21. The zero-order valence-electron chi connectivity index (χ0n) is 21.1. The molecule has 40 heavy (non-hydrogen) atoms. The van der Waals surface area contributed by atoms with E-state index in [-0.39, 0.29) is 19.9 Å². The molecule has 0 bridgehead atoms. The van der Waals surface area contributed by atoms with Crippen molar-refractivity contribution in [3.63, 3.8) is 0 Å². The first-order valence-corrected chi connectivity index (χ1v) is 12.5. The van der Waals surface area contributed by atoms with E-state index in [1.165, 1.54) is 33.8 Å². The topological polar surface area (TPSA) is 111 Å². The van der Waals surface area contributed by atoms with Crippen LogP contribution < -0.4 is 14.8 Å². The lowest BCUT2D eigenvalue weighted by Crippen LogP contribution is -2.42. The monoisotopic (exact) mass is 538 g/mol. The first-order chi connectivity index (χ1) is 19.5. The van der Waals surface area contributed by atoms with Crippen LogP contribution in [0.3, 0.4) is 0 Å². The van der Waals surface area contributed by atoms with Crippen molar-refractivity contribution in [2.75, 3.05) is 12.1 Å². The highest BCUT2D eigenvalue weighted by Gasteiger charge is 2.33. The van der Waals surface area contributed by atoms with Gasteiger partial charge in [-0.25, -0.2) is 9.07 Å². The average Bonchev–Trinajstić information content (AvgIpc) is 3.61. The van der Waals surface area contributed by atoms with Crippen molar-refractivity contribution < 1.29 is 23.5 Å². The Morgan fingerprint density at radius 1 is 1.00 bits per heavy atom. The van der Waals surface area contributed by atoms with E-state index in [4.69, 9.17) is 9.47 Å². The molecule has 0 spiro atoms. The van der Waals surface area contributed by atoms with Gasteiger partial charge in [0.05, 0.1) is 5.52 Å². The normalized spacial score (nSPS) is 12.7. The maximum Gasteiger partial charge on any atom is 0.251 e. The highest BCUT2D eigenvalue weighted by atomic mass is 19.1. The summed E-state index contributed by atoms with van der Waals surface area (Å²) < 4.78 is 26.2. The molecule has 10 nitrogen and oxygen atoms in total. The Morgan fingerprint density at radius 2 is 1.82 bits per heavy atom. The van der Waals surface area contributed by atoms with Crippen LogP contribution in [0.15, 0.2) is 91.3 Å². The molecule has 0 aliphatic carbocycles. The Labute approximate surface area is 228 Å². The quantitative estimate of drug-likeness (QED) is 0.317. The van der Waals surface area contributed by atoms with Crippen LogP contribution in [0, 0.1) is 5.82 Å². The van der Waals surface area contributed by atoms with E-state index in [9.17, 15) is 14.0 Å². The van der Waals surface area contributed by atoms with Crippen molar-refractivity contribution in [2.45, 2.75) is 19.1 Å². The van der Waals surface area contributed by atoms with Gasteiger partial charge >= 0.3 is 0 Å². The van der Waals surface area contributed by atoms with Crippen molar-refractivity contribution in [1.29, 1.82) is 0 Å². The molecule has 1 aliphatic heterocycles. The molecule has 1 aliphatic rings. The molecular formula is C29H23FN6O4. The lowest BCUT2D eigenvalue weighted by Gasteiger charge is -2.31. The van der Waals surface area contributed by atoms with E-state index < -0.39 is 23.7 Å². The largest absolute Gasteiger partial charge is 0.454 e. The minimum Gasteiger partial charge on any atom is -0.454 e. The smallest absolute Gasteiger partial charge is 0.251 e. The van der Waals surface area contributed by atoms with E-state index in [1.807, 2.05) is 24.3 Å². The van der Waals surface area contributed by atoms with Crippen molar-refractivity contribution in [3.8, 4) is 11.5 Å². The van der Waals surface area contributed by atoms with Crippen LogP contribution in [0.25, 0.3) is 11.0 Å². The number of hydrogen-bond donors (Lipinski definition) is 1. The number of hydrogen-bond acceptors (Lipinski definition) is 7. The molecule has 0 unspecified atom stereocenters. The lowest BCUT2D eigenvalue weighted by molar-refractivity contribution is -0.140. The third kappa shape index (κ3) is 5.17. The summed E-state index contributed by atoms with van der Waals surface area (Å²) in [4.78, 5) is 33.5. The van der Waals surface area contributed by atoms with Gasteiger partial charge in [-0.3, -0.25) is 14.6 Å². The highest BCUT2D eigenvalue weighted by molar-refractivity contribution is 5.98. The second-order valence-corrected chi connectivity index (χ2v) is 9.13. The Morgan fingerprint density at radius 3 is 2.65 bits per heavy atom. The fourth-order valence-corrected chi connectivity index (χ4v) is 4.57. The summed E-state index contributed by atoms with van der Waals surface area (Å²) in [5.41, 5.74) is 2.92. The minimum absolute atomic E-state index is 0.0654. The summed E-state index contributed by atoms with van der Waals surface area (Å²) in [6.45, 7) is -0.0129. The molecule has 5 aromatic rings. The number of rotatable bonds is 8. The molecule has 11 heteroatoms. The van der Waals surface area contributed by atoms with Gasteiger partial charge < -0.3 is 19.7 Å². The van der Waals surface area contributed by atoms with Gasteiger partial charge in [0.1, 0.15) is 23.9 Å². The molecule has 6 rings (SSSR count). The summed E-state index contributed by atoms with van der Waals surface area (Å²) in [7, 11) is 0. The van der Waals surface area contributed by atoms with Crippen LogP contribution in [0.2, 0.25) is 0 Å². The predicted molar refractivity (Wildman–Crippen MR) is 143 cm³/mol. The molecule has 0 radical (unpaired) electrons. The fraction of sp³-hybridized carbons (Fsp3) is 0.138. The number of carbonyl (C=O) groups is 2. The van der Waals surface area contributed by atoms with E-state index in [0.717, 1.165) is 0 Å². The second kappa shape index (κ2) is 10.8. The number of amides is 2. The van der Waals surface area contributed by atoms with E-state index in [1.54, 1.807) is 42.7 Å². The van der Waals surface area contributed by atoms with Crippen LogP contribution in [0.1, 0.15) is 17.2 Å². The maximum atomic E-state index is 14.0. The van der Waals surface area contributed by atoms with Gasteiger partial charge in [0.15, 0.2) is 11.5 Å². The van der Waals surface area contributed by atoms with Crippen molar-refractivity contribution in [1.82, 2.24) is 24.9 Å². The van der Waals surface area contributed by atoms with Crippen molar-refractivity contribution in [3.05, 3.63) is 108 Å². The molecule has 200 valence electrons. The average molecular weight is 539 g/mol. The predicted octanol–water partition coefficient (Wildman–Crippen LogP) is 4.10. The molecule has 3 heterocycles. The minimum atomic E-state index is -1.12. The first kappa shape index (κ1) is 25.0. The maximum absolute atomic E-state index is 14.0. The molecular weight excluding hydrogens is 515 g/mol. The van der Waals surface area contributed by atoms with Crippen molar-refractivity contribution in [2.24, 2.45) is 0 Å². The summed E-state index contributed by atoms with van der Waals surface area (Å²) in [5, 5.41) is 11.2. The number of aromatic nitrogens is 4. The zero-order chi connectivity index (χ0) is 27.5. The van der Waals surface area contributed by atoms with Crippen LogP contribution in [-0.2, 0) is 22.7 Å². The number of carbonyl (C=O) groups excluding carboxylic acids is 2. The fourth-order valence-electron chi connectivity index (χ4n) is 4.57. The van der Waals surface area contributed by atoms with Crippen LogP contribution >= 0.6 is 0 Å². The van der Waals surface area contributed by atoms with Crippen molar-refractivity contribution >= 4 is 28.5 Å². The Balaban J connectivity index is 1.37. The number of ether oxygens (including phenoxy) is 2. The summed E-state index contributed by atoms with van der Waals surface area (Å²) in [5.74, 6) is -0.280.